The van der Waals surface area contributed by atoms with Crippen LogP contribution in [0.1, 0.15) is 0 Å². The molecule has 0 fully saturated rings. The molecular weight excluding hydrogens is 116 g/mol. The molecule has 0 unspecified atom stereocenters. The fraction of sp³-hybridized carbons (Fsp3) is 0.667. The SMILES string of the molecule is O=CO.OCCS. The predicted octanol–water partition coefficient (Wildman–Crippen LogP) is -0.391. The van der Waals surface area contributed by atoms with Gasteiger partial charge >= 0.3 is 0 Å². The summed E-state index contributed by atoms with van der Waals surface area (Å²) >= 11 is 3.67. The number of aliphatic hydroxyl groups excluding tert-OH is 1. The number of carboxylic acid groups (broad SMARTS) is 1. The molecule has 7 heavy (non-hydrogen) atoms. The first kappa shape index (κ1) is 9.91. The second-order valence-corrected chi connectivity index (χ2v) is 1.000. The minimum absolute atomic E-state index is 0.184. The van der Waals surface area contributed by atoms with Gasteiger partial charge in [-0.05, 0) is 0 Å². The molecule has 0 heterocycles. The molecule has 0 aliphatic heterocycles. The van der Waals surface area contributed by atoms with Gasteiger partial charge in [0.2, 0.25) is 0 Å². The van der Waals surface area contributed by atoms with E-state index in [9.17, 15) is 0 Å². The van der Waals surface area contributed by atoms with E-state index in [0.717, 1.165) is 0 Å². The molecule has 3 nitrogen and oxygen atoms in total. The zero-order valence-corrected chi connectivity index (χ0v) is 4.64. The summed E-state index contributed by atoms with van der Waals surface area (Å²) in [5, 5.41) is 14.7. The standard InChI is InChI=1S/C2H6OS.CH2O2/c3-1-2-4;2-1-3/h3-4H,1-2H2;1H,(H,2,3). The lowest BCUT2D eigenvalue weighted by Gasteiger charge is -1.69. The lowest BCUT2D eigenvalue weighted by molar-refractivity contribution is -0.122. The maximum absolute atomic E-state index is 8.36. The van der Waals surface area contributed by atoms with Crippen molar-refractivity contribution in [2.45, 2.75) is 0 Å². The second-order valence-electron chi connectivity index (χ2n) is 0.553. The normalized spacial score (nSPS) is 6.00. The Bertz CT molecular complexity index is 29.4. The van der Waals surface area contributed by atoms with Gasteiger partial charge in [0.15, 0.2) is 0 Å². The molecule has 0 bridgehead atoms. The summed E-state index contributed by atoms with van der Waals surface area (Å²) in [6, 6.07) is 0. The number of hydrogen-bond acceptors (Lipinski definition) is 3. The molecule has 0 amide bonds. The number of hydrogen-bond donors (Lipinski definition) is 3. The van der Waals surface area contributed by atoms with E-state index in [1.807, 2.05) is 0 Å². The largest absolute Gasteiger partial charge is 0.483 e. The van der Waals surface area contributed by atoms with Gasteiger partial charge in [-0.25, -0.2) is 0 Å². The number of rotatable bonds is 1. The Morgan fingerprint density at radius 3 is 1.86 bits per heavy atom. The molecule has 0 aliphatic rings. The van der Waals surface area contributed by atoms with Crippen molar-refractivity contribution in [2.75, 3.05) is 12.4 Å². The summed E-state index contributed by atoms with van der Waals surface area (Å²) in [6.45, 7) is -0.0664. The molecule has 0 rings (SSSR count). The van der Waals surface area contributed by atoms with E-state index in [-0.39, 0.29) is 13.1 Å². The highest BCUT2D eigenvalue weighted by Gasteiger charge is 1.57. The van der Waals surface area contributed by atoms with Gasteiger partial charge in [0.25, 0.3) is 6.47 Å². The lowest BCUT2D eigenvalue weighted by atomic mass is 10.9. The highest BCUT2D eigenvalue weighted by atomic mass is 32.1. The Hall–Kier alpha value is -0.220. The van der Waals surface area contributed by atoms with Gasteiger partial charge in [0.1, 0.15) is 0 Å². The third-order valence-electron chi connectivity index (χ3n) is 0.1000. The van der Waals surface area contributed by atoms with Gasteiger partial charge < -0.3 is 10.2 Å². The number of carbonyl (C=O) groups is 1. The van der Waals surface area contributed by atoms with Crippen molar-refractivity contribution >= 4 is 19.1 Å². The smallest absolute Gasteiger partial charge is 0.290 e. The van der Waals surface area contributed by atoms with Gasteiger partial charge in [0, 0.05) is 5.75 Å². The van der Waals surface area contributed by atoms with E-state index >= 15 is 0 Å². The van der Waals surface area contributed by atoms with Crippen LogP contribution in [0.5, 0.6) is 0 Å². The van der Waals surface area contributed by atoms with Gasteiger partial charge in [-0.3, -0.25) is 4.79 Å². The van der Waals surface area contributed by atoms with Crippen LogP contribution in [-0.4, -0.2) is 29.0 Å². The summed E-state index contributed by atoms with van der Waals surface area (Å²) in [5.74, 6) is 0.569. The Balaban J connectivity index is 0. The molecule has 0 saturated carbocycles. The quantitative estimate of drug-likeness (QED) is 0.329. The van der Waals surface area contributed by atoms with E-state index < -0.39 is 0 Å². The fourth-order valence-corrected chi connectivity index (χ4v) is 0. The first-order chi connectivity index (χ1) is 3.33. The minimum Gasteiger partial charge on any atom is -0.483 e. The first-order valence-corrected chi connectivity index (χ1v) is 2.26. The van der Waals surface area contributed by atoms with Crippen LogP contribution in [0.15, 0.2) is 0 Å². The molecule has 44 valence electrons. The Morgan fingerprint density at radius 2 is 1.86 bits per heavy atom. The zero-order chi connectivity index (χ0) is 6.12. The third-order valence-corrected chi connectivity index (χ3v) is 0.300. The van der Waals surface area contributed by atoms with E-state index in [1.165, 1.54) is 0 Å². The van der Waals surface area contributed by atoms with E-state index in [2.05, 4.69) is 12.6 Å². The van der Waals surface area contributed by atoms with Crippen molar-refractivity contribution in [3.8, 4) is 0 Å². The van der Waals surface area contributed by atoms with Gasteiger partial charge in [-0.15, -0.1) is 0 Å². The van der Waals surface area contributed by atoms with E-state index in [4.69, 9.17) is 15.0 Å². The maximum Gasteiger partial charge on any atom is 0.290 e. The first-order valence-electron chi connectivity index (χ1n) is 1.63. The van der Waals surface area contributed by atoms with Gasteiger partial charge in [-0.1, -0.05) is 0 Å². The molecule has 0 aromatic rings. The van der Waals surface area contributed by atoms with Crippen LogP contribution in [0, 0.1) is 0 Å². The fourth-order valence-electron chi connectivity index (χ4n) is 0. The highest BCUT2D eigenvalue weighted by molar-refractivity contribution is 7.80. The van der Waals surface area contributed by atoms with Crippen LogP contribution in [0.2, 0.25) is 0 Å². The van der Waals surface area contributed by atoms with Gasteiger partial charge in [0.05, 0.1) is 6.61 Å². The Labute approximate surface area is 47.4 Å². The third kappa shape index (κ3) is 136. The molecule has 4 heteroatoms. The van der Waals surface area contributed by atoms with Crippen molar-refractivity contribution < 1.29 is 15.0 Å². The molecule has 0 spiro atoms. The molecule has 0 atom stereocenters. The number of thiol groups is 1. The summed E-state index contributed by atoms with van der Waals surface area (Å²) in [4.78, 5) is 8.36. The topological polar surface area (TPSA) is 57.5 Å². The van der Waals surface area contributed by atoms with Crippen molar-refractivity contribution in [3.63, 3.8) is 0 Å². The lowest BCUT2D eigenvalue weighted by Crippen LogP contribution is -1.76. The molecule has 0 aromatic carbocycles. The van der Waals surface area contributed by atoms with E-state index in [1.54, 1.807) is 0 Å². The van der Waals surface area contributed by atoms with Crippen LogP contribution in [-0.2, 0) is 4.79 Å². The zero-order valence-electron chi connectivity index (χ0n) is 3.74. The maximum atomic E-state index is 8.36. The van der Waals surface area contributed by atoms with Crippen LogP contribution in [0.4, 0.5) is 0 Å². The highest BCUT2D eigenvalue weighted by Crippen LogP contribution is 1.61. The van der Waals surface area contributed by atoms with Crippen molar-refractivity contribution in [2.24, 2.45) is 0 Å². The number of aliphatic hydroxyl groups is 1. The minimum atomic E-state index is -0.250. The average molecular weight is 124 g/mol. The second kappa shape index (κ2) is 17.1. The van der Waals surface area contributed by atoms with Gasteiger partial charge in [-0.2, -0.15) is 12.6 Å². The van der Waals surface area contributed by atoms with Crippen LogP contribution < -0.4 is 0 Å². The summed E-state index contributed by atoms with van der Waals surface area (Å²) in [5.41, 5.74) is 0. The van der Waals surface area contributed by atoms with Crippen molar-refractivity contribution in [1.29, 1.82) is 0 Å². The molecule has 0 aromatic heterocycles. The van der Waals surface area contributed by atoms with Crippen molar-refractivity contribution in [1.82, 2.24) is 0 Å². The summed E-state index contributed by atoms with van der Waals surface area (Å²) in [7, 11) is 0. The van der Waals surface area contributed by atoms with Crippen LogP contribution in [0.3, 0.4) is 0 Å². The Kier molecular flexibility index (Phi) is 24.2. The monoisotopic (exact) mass is 124 g/mol. The molecule has 0 aliphatic carbocycles. The average Bonchev–Trinajstić information content (AvgIpc) is 1.69. The van der Waals surface area contributed by atoms with E-state index in [0.29, 0.717) is 5.75 Å². The Morgan fingerprint density at radius 1 is 1.71 bits per heavy atom. The molecule has 0 radical (unpaired) electrons. The molecular formula is C3H8O3S. The molecule has 0 saturated heterocycles. The summed E-state index contributed by atoms with van der Waals surface area (Å²) < 4.78 is 0. The molecule has 2 N–H and O–H groups in total. The summed E-state index contributed by atoms with van der Waals surface area (Å²) in [6.07, 6.45) is 0. The predicted molar refractivity (Wildman–Crippen MR) is 29.6 cm³/mol. The van der Waals surface area contributed by atoms with Crippen molar-refractivity contribution in [3.05, 3.63) is 0 Å². The van der Waals surface area contributed by atoms with Crippen LogP contribution in [0.25, 0.3) is 0 Å². The van der Waals surface area contributed by atoms with Crippen LogP contribution >= 0.6 is 12.6 Å².